The molecular formula is C22H23N3O4. The Morgan fingerprint density at radius 1 is 1.10 bits per heavy atom. The van der Waals surface area contributed by atoms with Gasteiger partial charge in [-0.2, -0.15) is 5.01 Å². The molecule has 3 rings (SSSR count). The Labute approximate surface area is 169 Å². The highest BCUT2D eigenvalue weighted by molar-refractivity contribution is 6.09. The van der Waals surface area contributed by atoms with Crippen molar-refractivity contribution in [1.82, 2.24) is 15.8 Å². The summed E-state index contributed by atoms with van der Waals surface area (Å²) < 4.78 is 5.52. The number of para-hydroxylation sites is 1. The highest BCUT2D eigenvalue weighted by Crippen LogP contribution is 2.31. The molecule has 0 radical (unpaired) electrons. The number of hydrazine groups is 1. The van der Waals surface area contributed by atoms with Crippen molar-refractivity contribution in [2.75, 3.05) is 6.61 Å². The Bertz CT molecular complexity index is 942. The molecule has 1 aliphatic rings. The van der Waals surface area contributed by atoms with Gasteiger partial charge in [0.2, 0.25) is 0 Å². The molecule has 7 heteroatoms. The van der Waals surface area contributed by atoms with E-state index in [4.69, 9.17) is 4.74 Å². The lowest BCUT2D eigenvalue weighted by molar-refractivity contribution is -0.138. The summed E-state index contributed by atoms with van der Waals surface area (Å²) in [5.74, 6) is -0.476. The van der Waals surface area contributed by atoms with Crippen molar-refractivity contribution in [2.45, 2.75) is 25.8 Å². The standard InChI is InChI=1S/C22H23N3O4/c1-3-22(17-11-6-5-7-12-17)20(27)25(21(28)23-22)24-19(26)15-14-16-10-8-9-13-18(16)29-4-2/h5-15H,3-4H2,1-2H3,(H,23,28)(H,24,26)/b15-14+/t22-/m1/s1. The second kappa shape index (κ2) is 8.60. The average molecular weight is 393 g/mol. The molecule has 1 aliphatic heterocycles. The molecule has 4 amide bonds. The molecule has 0 saturated carbocycles. The van der Waals surface area contributed by atoms with Crippen LogP contribution in [0.3, 0.4) is 0 Å². The number of nitrogens with one attached hydrogen (secondary N) is 2. The fourth-order valence-corrected chi connectivity index (χ4v) is 3.26. The van der Waals surface area contributed by atoms with Crippen LogP contribution in [0.25, 0.3) is 6.08 Å². The normalized spacial score (nSPS) is 18.8. The SMILES string of the molecule is CCOc1ccccc1/C=C/C(=O)NN1C(=O)N[C@](CC)(c2ccccc2)C1=O. The molecule has 150 valence electrons. The predicted octanol–water partition coefficient (Wildman–Crippen LogP) is 2.99. The van der Waals surface area contributed by atoms with E-state index in [-0.39, 0.29) is 0 Å². The lowest BCUT2D eigenvalue weighted by atomic mass is 9.87. The number of nitrogens with zero attached hydrogens (tertiary/aromatic N) is 1. The maximum absolute atomic E-state index is 13.0. The third-order valence-electron chi connectivity index (χ3n) is 4.74. The summed E-state index contributed by atoms with van der Waals surface area (Å²) in [6.45, 7) is 4.18. The van der Waals surface area contributed by atoms with Gasteiger partial charge in [0.05, 0.1) is 6.61 Å². The molecule has 0 bridgehead atoms. The molecule has 1 heterocycles. The maximum atomic E-state index is 13.0. The molecule has 2 aromatic rings. The molecule has 0 unspecified atom stereocenters. The summed E-state index contributed by atoms with van der Waals surface area (Å²) in [4.78, 5) is 37.8. The van der Waals surface area contributed by atoms with Crippen LogP contribution >= 0.6 is 0 Å². The van der Waals surface area contributed by atoms with E-state index in [0.29, 0.717) is 29.9 Å². The summed E-state index contributed by atoms with van der Waals surface area (Å²) >= 11 is 0. The zero-order valence-electron chi connectivity index (χ0n) is 16.3. The number of ether oxygens (including phenoxy) is 1. The molecule has 2 N–H and O–H groups in total. The zero-order chi connectivity index (χ0) is 20.9. The Kier molecular flexibility index (Phi) is 5.97. The number of benzene rings is 2. The first-order chi connectivity index (χ1) is 14.0. The van der Waals surface area contributed by atoms with E-state index < -0.39 is 23.4 Å². The van der Waals surface area contributed by atoms with Gasteiger partial charge in [0, 0.05) is 11.6 Å². The lowest BCUT2D eigenvalue weighted by Crippen LogP contribution is -2.48. The highest BCUT2D eigenvalue weighted by Gasteiger charge is 2.52. The molecule has 0 spiro atoms. The van der Waals surface area contributed by atoms with Crippen LogP contribution < -0.4 is 15.5 Å². The van der Waals surface area contributed by atoms with Crippen LogP contribution in [0.2, 0.25) is 0 Å². The first kappa shape index (κ1) is 20.1. The van der Waals surface area contributed by atoms with Gasteiger partial charge in [0.25, 0.3) is 11.8 Å². The third-order valence-corrected chi connectivity index (χ3v) is 4.74. The molecule has 0 aliphatic carbocycles. The van der Waals surface area contributed by atoms with Crippen LogP contribution in [0, 0.1) is 0 Å². The molecule has 1 fully saturated rings. The van der Waals surface area contributed by atoms with Crippen LogP contribution in [0.1, 0.15) is 31.4 Å². The smallest absolute Gasteiger partial charge is 0.344 e. The van der Waals surface area contributed by atoms with E-state index >= 15 is 0 Å². The van der Waals surface area contributed by atoms with E-state index in [1.807, 2.05) is 25.1 Å². The van der Waals surface area contributed by atoms with Crippen molar-refractivity contribution in [2.24, 2.45) is 0 Å². The van der Waals surface area contributed by atoms with Crippen molar-refractivity contribution in [3.8, 4) is 5.75 Å². The summed E-state index contributed by atoms with van der Waals surface area (Å²) in [5.41, 5.74) is 2.55. The second-order valence-electron chi connectivity index (χ2n) is 6.48. The van der Waals surface area contributed by atoms with E-state index in [0.717, 1.165) is 5.01 Å². The van der Waals surface area contributed by atoms with Gasteiger partial charge >= 0.3 is 6.03 Å². The quantitative estimate of drug-likeness (QED) is 0.559. The van der Waals surface area contributed by atoms with Gasteiger partial charge in [-0.05, 0) is 31.1 Å². The number of imide groups is 1. The number of hydrogen-bond donors (Lipinski definition) is 2. The number of urea groups is 1. The zero-order valence-corrected chi connectivity index (χ0v) is 16.3. The number of rotatable bonds is 7. The van der Waals surface area contributed by atoms with Crippen molar-refractivity contribution in [3.63, 3.8) is 0 Å². The van der Waals surface area contributed by atoms with Gasteiger partial charge in [-0.15, -0.1) is 0 Å². The number of carbonyl (C=O) groups excluding carboxylic acids is 3. The molecule has 2 aromatic carbocycles. The molecule has 7 nitrogen and oxygen atoms in total. The maximum Gasteiger partial charge on any atom is 0.344 e. The highest BCUT2D eigenvalue weighted by atomic mass is 16.5. The molecule has 0 aromatic heterocycles. The van der Waals surface area contributed by atoms with Gasteiger partial charge < -0.3 is 10.1 Å². The second-order valence-corrected chi connectivity index (χ2v) is 6.48. The Hall–Kier alpha value is -3.61. The monoisotopic (exact) mass is 393 g/mol. The topological polar surface area (TPSA) is 87.7 Å². The first-order valence-corrected chi connectivity index (χ1v) is 9.44. The number of carbonyl (C=O) groups is 3. The Balaban J connectivity index is 1.76. The fourth-order valence-electron chi connectivity index (χ4n) is 3.26. The van der Waals surface area contributed by atoms with Gasteiger partial charge in [-0.25, -0.2) is 4.79 Å². The largest absolute Gasteiger partial charge is 0.493 e. The van der Waals surface area contributed by atoms with Crippen molar-refractivity contribution >= 4 is 23.9 Å². The van der Waals surface area contributed by atoms with Crippen LogP contribution in [0.5, 0.6) is 5.75 Å². The van der Waals surface area contributed by atoms with Gasteiger partial charge in [-0.1, -0.05) is 55.5 Å². The summed E-state index contributed by atoms with van der Waals surface area (Å²) in [6.07, 6.45) is 3.18. The van der Waals surface area contributed by atoms with Crippen molar-refractivity contribution < 1.29 is 19.1 Å². The van der Waals surface area contributed by atoms with Crippen LogP contribution in [-0.4, -0.2) is 29.5 Å². The summed E-state index contributed by atoms with van der Waals surface area (Å²) in [7, 11) is 0. The molecule has 1 saturated heterocycles. The van der Waals surface area contributed by atoms with Crippen molar-refractivity contribution in [1.29, 1.82) is 0 Å². The van der Waals surface area contributed by atoms with Gasteiger partial charge in [-0.3, -0.25) is 15.0 Å². The number of amides is 4. The third kappa shape index (κ3) is 3.99. The van der Waals surface area contributed by atoms with E-state index in [9.17, 15) is 14.4 Å². The average Bonchev–Trinajstić information content (AvgIpc) is 2.99. The summed E-state index contributed by atoms with van der Waals surface area (Å²) in [6, 6.07) is 15.6. The number of hydrogen-bond acceptors (Lipinski definition) is 4. The van der Waals surface area contributed by atoms with Crippen LogP contribution in [0.4, 0.5) is 4.79 Å². The van der Waals surface area contributed by atoms with Crippen molar-refractivity contribution in [3.05, 3.63) is 71.8 Å². The van der Waals surface area contributed by atoms with E-state index in [2.05, 4.69) is 10.7 Å². The minimum Gasteiger partial charge on any atom is -0.493 e. The molecule has 29 heavy (non-hydrogen) atoms. The molecular weight excluding hydrogens is 370 g/mol. The van der Waals surface area contributed by atoms with Gasteiger partial charge in [0.15, 0.2) is 0 Å². The lowest BCUT2D eigenvalue weighted by Gasteiger charge is -2.25. The van der Waals surface area contributed by atoms with Crippen LogP contribution in [-0.2, 0) is 15.1 Å². The van der Waals surface area contributed by atoms with Crippen LogP contribution in [0.15, 0.2) is 60.7 Å². The summed E-state index contributed by atoms with van der Waals surface area (Å²) in [5, 5.41) is 3.45. The van der Waals surface area contributed by atoms with E-state index in [1.54, 1.807) is 49.4 Å². The predicted molar refractivity (Wildman–Crippen MR) is 109 cm³/mol. The first-order valence-electron chi connectivity index (χ1n) is 9.44. The van der Waals surface area contributed by atoms with E-state index in [1.165, 1.54) is 6.08 Å². The Morgan fingerprint density at radius 2 is 1.79 bits per heavy atom. The fraction of sp³-hybridized carbons (Fsp3) is 0.227. The minimum atomic E-state index is -1.20. The Morgan fingerprint density at radius 3 is 2.48 bits per heavy atom. The van der Waals surface area contributed by atoms with Gasteiger partial charge in [0.1, 0.15) is 11.3 Å². The molecule has 1 atom stereocenters. The minimum absolute atomic E-state index is 0.353.